The summed E-state index contributed by atoms with van der Waals surface area (Å²) in [4.78, 5) is 0. The Hall–Kier alpha value is -0.440. The largest absolute Gasteiger partial charge is 0.496 e. The van der Waals surface area contributed by atoms with Gasteiger partial charge in [-0.15, -0.1) is 11.6 Å². The molecule has 0 saturated carbocycles. The zero-order valence-corrected chi connectivity index (χ0v) is 11.4. The molecule has 0 bridgehead atoms. The molecule has 1 aromatic carbocycles. The second-order valence-electron chi connectivity index (χ2n) is 3.68. The molecule has 0 spiro atoms. The molecule has 16 heavy (non-hydrogen) atoms. The van der Waals surface area contributed by atoms with Crippen molar-refractivity contribution in [2.75, 3.05) is 19.5 Å². The molecule has 90 valence electrons. The van der Waals surface area contributed by atoms with Gasteiger partial charge in [0.05, 0.1) is 7.11 Å². The quantitative estimate of drug-likeness (QED) is 0.649. The monoisotopic (exact) mass is 261 g/mol. The Morgan fingerprint density at radius 1 is 1.38 bits per heavy atom. The van der Waals surface area contributed by atoms with Gasteiger partial charge in [-0.2, -0.15) is 0 Å². The Balaban J connectivity index is 3.00. The van der Waals surface area contributed by atoms with Gasteiger partial charge in [0, 0.05) is 29.6 Å². The second kappa shape index (κ2) is 6.33. The Morgan fingerprint density at radius 3 is 2.62 bits per heavy atom. The molecule has 0 heterocycles. The summed E-state index contributed by atoms with van der Waals surface area (Å²) in [7, 11) is 1.67. The zero-order chi connectivity index (χ0) is 12.1. The maximum absolute atomic E-state index is 6.22. The van der Waals surface area contributed by atoms with Crippen molar-refractivity contribution in [2.24, 2.45) is 0 Å². The van der Waals surface area contributed by atoms with Crippen LogP contribution in [0.4, 0.5) is 0 Å². The number of halogens is 2. The molecule has 0 saturated heterocycles. The van der Waals surface area contributed by atoms with Crippen LogP contribution >= 0.6 is 23.2 Å². The van der Waals surface area contributed by atoms with Crippen molar-refractivity contribution in [2.45, 2.75) is 20.4 Å². The molecule has 1 rings (SSSR count). The summed E-state index contributed by atoms with van der Waals surface area (Å²) in [5, 5.41) is 4.05. The first-order valence-electron chi connectivity index (χ1n) is 5.21. The van der Waals surface area contributed by atoms with Gasteiger partial charge in [0.25, 0.3) is 0 Å². The Bertz CT molecular complexity index is 367. The van der Waals surface area contributed by atoms with Gasteiger partial charge in [-0.25, -0.2) is 0 Å². The number of nitrogens with one attached hydrogen (secondary N) is 1. The SMILES string of the molecule is COc1cc(C)c(Cl)c(C)c1CNCCCl. The van der Waals surface area contributed by atoms with Crippen LogP contribution in [0.15, 0.2) is 6.07 Å². The highest BCUT2D eigenvalue weighted by molar-refractivity contribution is 6.32. The molecule has 0 amide bonds. The molecular formula is C12H17Cl2NO. The van der Waals surface area contributed by atoms with Crippen LogP contribution in [0.3, 0.4) is 0 Å². The second-order valence-corrected chi connectivity index (χ2v) is 4.43. The minimum absolute atomic E-state index is 0.598. The topological polar surface area (TPSA) is 21.3 Å². The first kappa shape index (κ1) is 13.6. The average Bonchev–Trinajstić information content (AvgIpc) is 2.29. The summed E-state index contributed by atoms with van der Waals surface area (Å²) in [6, 6.07) is 1.97. The van der Waals surface area contributed by atoms with Gasteiger partial charge in [-0.1, -0.05) is 11.6 Å². The fourth-order valence-corrected chi connectivity index (χ4v) is 1.94. The fourth-order valence-electron chi connectivity index (χ4n) is 1.64. The zero-order valence-electron chi connectivity index (χ0n) is 9.86. The van der Waals surface area contributed by atoms with Crippen LogP contribution in [0.2, 0.25) is 5.02 Å². The Kier molecular flexibility index (Phi) is 5.39. The van der Waals surface area contributed by atoms with E-state index in [9.17, 15) is 0 Å². The molecule has 0 fully saturated rings. The third-order valence-electron chi connectivity index (χ3n) is 2.57. The van der Waals surface area contributed by atoms with E-state index in [4.69, 9.17) is 27.9 Å². The highest BCUT2D eigenvalue weighted by Gasteiger charge is 2.11. The lowest BCUT2D eigenvalue weighted by atomic mass is 10.0. The van der Waals surface area contributed by atoms with Crippen molar-refractivity contribution in [1.82, 2.24) is 5.32 Å². The summed E-state index contributed by atoms with van der Waals surface area (Å²) >= 11 is 11.8. The van der Waals surface area contributed by atoms with Gasteiger partial charge >= 0.3 is 0 Å². The smallest absolute Gasteiger partial charge is 0.123 e. The standard InChI is InChI=1S/C12H17Cl2NO/c1-8-6-11(16-3)10(7-15-5-4-13)9(2)12(8)14/h6,15H,4-5,7H2,1-3H3. The van der Waals surface area contributed by atoms with Crippen molar-refractivity contribution in [3.05, 3.63) is 27.8 Å². The van der Waals surface area contributed by atoms with Gasteiger partial charge in [-0.05, 0) is 31.0 Å². The number of aryl methyl sites for hydroxylation is 1. The van der Waals surface area contributed by atoms with Gasteiger partial charge in [-0.3, -0.25) is 0 Å². The number of hydrogen-bond acceptors (Lipinski definition) is 2. The van der Waals surface area contributed by atoms with Crippen LogP contribution in [0.1, 0.15) is 16.7 Å². The Labute approximate surface area is 107 Å². The number of ether oxygens (including phenoxy) is 1. The number of methoxy groups -OCH3 is 1. The van der Waals surface area contributed by atoms with E-state index >= 15 is 0 Å². The molecule has 0 aromatic heterocycles. The fraction of sp³-hybridized carbons (Fsp3) is 0.500. The van der Waals surface area contributed by atoms with E-state index in [0.717, 1.165) is 40.6 Å². The number of hydrogen-bond donors (Lipinski definition) is 1. The molecule has 4 heteroatoms. The van der Waals surface area contributed by atoms with E-state index in [0.29, 0.717) is 5.88 Å². The molecule has 2 nitrogen and oxygen atoms in total. The van der Waals surface area contributed by atoms with Gasteiger partial charge < -0.3 is 10.1 Å². The van der Waals surface area contributed by atoms with Crippen molar-refractivity contribution in [3.8, 4) is 5.75 Å². The molecule has 0 unspecified atom stereocenters. The van der Waals surface area contributed by atoms with Gasteiger partial charge in [0.2, 0.25) is 0 Å². The molecule has 0 atom stereocenters. The van der Waals surface area contributed by atoms with E-state index < -0.39 is 0 Å². The maximum atomic E-state index is 6.22. The number of alkyl halides is 1. The lowest BCUT2D eigenvalue weighted by molar-refractivity contribution is 0.407. The van der Waals surface area contributed by atoms with Crippen LogP contribution in [-0.2, 0) is 6.54 Å². The minimum Gasteiger partial charge on any atom is -0.496 e. The highest BCUT2D eigenvalue weighted by atomic mass is 35.5. The van der Waals surface area contributed by atoms with Gasteiger partial charge in [0.15, 0.2) is 0 Å². The van der Waals surface area contributed by atoms with Crippen molar-refractivity contribution < 1.29 is 4.74 Å². The Morgan fingerprint density at radius 2 is 2.06 bits per heavy atom. The van der Waals surface area contributed by atoms with E-state index in [1.54, 1.807) is 7.11 Å². The molecule has 1 aromatic rings. The van der Waals surface area contributed by atoms with E-state index in [2.05, 4.69) is 5.32 Å². The van der Waals surface area contributed by atoms with E-state index in [1.165, 1.54) is 0 Å². The third kappa shape index (κ3) is 3.03. The molecule has 1 N–H and O–H groups in total. The lowest BCUT2D eigenvalue weighted by Crippen LogP contribution is -2.17. The highest BCUT2D eigenvalue weighted by Crippen LogP contribution is 2.31. The lowest BCUT2D eigenvalue weighted by Gasteiger charge is -2.15. The van der Waals surface area contributed by atoms with Crippen molar-refractivity contribution in [3.63, 3.8) is 0 Å². The molecule has 0 aliphatic heterocycles. The van der Waals surface area contributed by atoms with Crippen LogP contribution in [-0.4, -0.2) is 19.5 Å². The third-order valence-corrected chi connectivity index (χ3v) is 3.34. The van der Waals surface area contributed by atoms with Crippen molar-refractivity contribution in [1.29, 1.82) is 0 Å². The number of benzene rings is 1. The molecule has 0 aliphatic carbocycles. The number of rotatable bonds is 5. The normalized spacial score (nSPS) is 10.6. The molecule has 0 radical (unpaired) electrons. The van der Waals surface area contributed by atoms with Crippen LogP contribution in [0, 0.1) is 13.8 Å². The first-order valence-corrected chi connectivity index (χ1v) is 6.12. The molecular weight excluding hydrogens is 245 g/mol. The minimum atomic E-state index is 0.598. The van der Waals surface area contributed by atoms with Gasteiger partial charge in [0.1, 0.15) is 5.75 Å². The van der Waals surface area contributed by atoms with Crippen molar-refractivity contribution >= 4 is 23.2 Å². The van der Waals surface area contributed by atoms with Crippen LogP contribution in [0.5, 0.6) is 5.75 Å². The first-order chi connectivity index (χ1) is 7.61. The summed E-state index contributed by atoms with van der Waals surface area (Å²) in [5.41, 5.74) is 3.21. The predicted molar refractivity (Wildman–Crippen MR) is 69.9 cm³/mol. The van der Waals surface area contributed by atoms with E-state index in [-0.39, 0.29) is 0 Å². The van der Waals surface area contributed by atoms with Crippen LogP contribution < -0.4 is 10.1 Å². The molecule has 0 aliphatic rings. The summed E-state index contributed by atoms with van der Waals surface area (Å²) in [5.74, 6) is 1.47. The summed E-state index contributed by atoms with van der Waals surface area (Å²) in [6.45, 7) is 5.49. The summed E-state index contributed by atoms with van der Waals surface area (Å²) in [6.07, 6.45) is 0. The maximum Gasteiger partial charge on any atom is 0.123 e. The summed E-state index contributed by atoms with van der Waals surface area (Å²) < 4.78 is 5.36. The van der Waals surface area contributed by atoms with E-state index in [1.807, 2.05) is 19.9 Å². The predicted octanol–water partition coefficient (Wildman–Crippen LogP) is 3.29. The average molecular weight is 262 g/mol. The van der Waals surface area contributed by atoms with Crippen LogP contribution in [0.25, 0.3) is 0 Å².